The highest BCUT2D eigenvalue weighted by Crippen LogP contribution is 2.34. The number of hydrogen-bond acceptors (Lipinski definition) is 6. The minimum Gasteiger partial charge on any atom is -0.350 e. The van der Waals surface area contributed by atoms with E-state index in [2.05, 4.69) is 38.9 Å². The van der Waals surface area contributed by atoms with E-state index >= 15 is 0 Å². The predicted molar refractivity (Wildman–Crippen MR) is 125 cm³/mol. The fourth-order valence-corrected chi connectivity index (χ4v) is 5.76. The Morgan fingerprint density at radius 3 is 2.69 bits per heavy atom. The van der Waals surface area contributed by atoms with Gasteiger partial charge in [-0.1, -0.05) is 0 Å². The summed E-state index contributed by atoms with van der Waals surface area (Å²) < 4.78 is 13.4. The molecule has 7 nitrogen and oxygen atoms in total. The number of hydrogen-bond donors (Lipinski definition) is 0. The Labute approximate surface area is 192 Å². The zero-order chi connectivity index (χ0) is 22.4. The van der Waals surface area contributed by atoms with Gasteiger partial charge >= 0.3 is 0 Å². The summed E-state index contributed by atoms with van der Waals surface area (Å²) in [6.45, 7) is 11.0. The summed E-state index contributed by atoms with van der Waals surface area (Å²) >= 11 is 1.75. The summed E-state index contributed by atoms with van der Waals surface area (Å²) in [6, 6.07) is 4.27. The van der Waals surface area contributed by atoms with Gasteiger partial charge in [0.15, 0.2) is 11.9 Å². The maximum atomic E-state index is 13.8. The van der Waals surface area contributed by atoms with Crippen LogP contribution in [-0.2, 0) is 9.47 Å². The van der Waals surface area contributed by atoms with Gasteiger partial charge in [0.25, 0.3) is 5.91 Å². The lowest BCUT2D eigenvalue weighted by atomic mass is 9.96. The van der Waals surface area contributed by atoms with Crippen LogP contribution < -0.4 is 0 Å². The number of carbonyl (C=O) groups is 1. The Morgan fingerprint density at radius 2 is 2.00 bits per heavy atom. The van der Waals surface area contributed by atoms with Gasteiger partial charge in [-0.15, -0.1) is 11.3 Å². The molecule has 0 bridgehead atoms. The van der Waals surface area contributed by atoms with Crippen molar-refractivity contribution in [1.29, 1.82) is 0 Å². The first-order valence-corrected chi connectivity index (χ1v) is 12.2. The summed E-state index contributed by atoms with van der Waals surface area (Å²) in [7, 11) is 0. The second-order valence-corrected chi connectivity index (χ2v) is 10.5. The first kappa shape index (κ1) is 21.6. The standard InChI is InChI=1S/C24H30N4O3S/c1-14(2)28-22-20(12-25-28)19(11-21(26-22)18-10-15(3)32-16(18)4)23(29)27-7-5-6-17(13-27)24-30-8-9-31-24/h10-12,14,17,24H,5-9,13H2,1-4H3. The zero-order valence-electron chi connectivity index (χ0n) is 19.1. The van der Waals surface area contributed by atoms with Crippen molar-refractivity contribution in [3.05, 3.63) is 33.6 Å². The minimum atomic E-state index is -0.196. The van der Waals surface area contributed by atoms with E-state index in [0.717, 1.165) is 41.7 Å². The number of likely N-dealkylation sites (tertiary alicyclic amines) is 1. The Bertz CT molecular complexity index is 1150. The topological polar surface area (TPSA) is 69.5 Å². The number of amides is 1. The lowest BCUT2D eigenvalue weighted by molar-refractivity contribution is -0.0969. The molecule has 3 aromatic heterocycles. The van der Waals surface area contributed by atoms with Crippen molar-refractivity contribution < 1.29 is 14.3 Å². The fraction of sp³-hybridized carbons (Fsp3) is 0.542. The number of ether oxygens (including phenoxy) is 2. The van der Waals surface area contributed by atoms with Crippen molar-refractivity contribution in [3.63, 3.8) is 0 Å². The number of aryl methyl sites for hydroxylation is 2. The van der Waals surface area contributed by atoms with Crippen LogP contribution in [0.2, 0.25) is 0 Å². The number of pyridine rings is 1. The van der Waals surface area contributed by atoms with Crippen molar-refractivity contribution in [3.8, 4) is 11.3 Å². The van der Waals surface area contributed by atoms with Crippen molar-refractivity contribution in [2.24, 2.45) is 5.92 Å². The van der Waals surface area contributed by atoms with E-state index in [9.17, 15) is 4.79 Å². The van der Waals surface area contributed by atoms with E-state index < -0.39 is 0 Å². The van der Waals surface area contributed by atoms with Gasteiger partial charge in [-0.05, 0) is 52.7 Å². The molecule has 170 valence electrons. The van der Waals surface area contributed by atoms with Crippen LogP contribution in [0.15, 0.2) is 18.3 Å². The molecule has 2 aliphatic rings. The van der Waals surface area contributed by atoms with Gasteiger partial charge in [-0.3, -0.25) is 4.79 Å². The summed E-state index contributed by atoms with van der Waals surface area (Å²) in [4.78, 5) is 23.2. The summed E-state index contributed by atoms with van der Waals surface area (Å²) in [5.74, 6) is 0.251. The molecule has 0 aromatic carbocycles. The van der Waals surface area contributed by atoms with Crippen LogP contribution in [0.25, 0.3) is 22.3 Å². The van der Waals surface area contributed by atoms with Gasteiger partial charge in [0, 0.05) is 40.4 Å². The number of nitrogens with zero attached hydrogens (tertiary/aromatic N) is 4. The van der Waals surface area contributed by atoms with Crippen LogP contribution in [0.5, 0.6) is 0 Å². The molecule has 0 aliphatic carbocycles. The zero-order valence-corrected chi connectivity index (χ0v) is 19.9. The quantitative estimate of drug-likeness (QED) is 0.577. The third-order valence-corrected chi connectivity index (χ3v) is 7.35. The Kier molecular flexibility index (Phi) is 5.77. The van der Waals surface area contributed by atoms with Crippen LogP contribution in [0, 0.1) is 19.8 Å². The molecule has 8 heteroatoms. The monoisotopic (exact) mass is 454 g/mol. The van der Waals surface area contributed by atoms with Gasteiger partial charge in [0.1, 0.15) is 0 Å². The van der Waals surface area contributed by atoms with E-state index in [-0.39, 0.29) is 24.2 Å². The smallest absolute Gasteiger partial charge is 0.254 e. The van der Waals surface area contributed by atoms with E-state index in [0.29, 0.717) is 25.3 Å². The molecule has 2 aliphatic heterocycles. The van der Waals surface area contributed by atoms with Gasteiger partial charge in [-0.25, -0.2) is 9.67 Å². The first-order valence-electron chi connectivity index (χ1n) is 11.4. The summed E-state index contributed by atoms with van der Waals surface area (Å²) in [5, 5.41) is 5.38. The number of carbonyl (C=O) groups excluding carboxylic acids is 1. The highest BCUT2D eigenvalue weighted by atomic mass is 32.1. The molecule has 32 heavy (non-hydrogen) atoms. The molecule has 0 radical (unpaired) electrons. The number of thiophene rings is 1. The maximum Gasteiger partial charge on any atom is 0.254 e. The predicted octanol–water partition coefficient (Wildman–Crippen LogP) is 4.58. The van der Waals surface area contributed by atoms with E-state index in [1.807, 2.05) is 15.6 Å². The van der Waals surface area contributed by atoms with Crippen LogP contribution >= 0.6 is 11.3 Å². The van der Waals surface area contributed by atoms with Gasteiger partial charge in [0.05, 0.1) is 36.1 Å². The molecule has 1 unspecified atom stereocenters. The molecule has 2 fully saturated rings. The normalized spacial score (nSPS) is 20.0. The summed E-state index contributed by atoms with van der Waals surface area (Å²) in [5.41, 5.74) is 3.36. The van der Waals surface area contributed by atoms with E-state index in [1.54, 1.807) is 17.5 Å². The molecule has 5 heterocycles. The Balaban J connectivity index is 1.56. The fourth-order valence-electron chi connectivity index (χ4n) is 4.83. The van der Waals surface area contributed by atoms with Gasteiger partial charge in [0.2, 0.25) is 0 Å². The molecular formula is C24H30N4O3S. The highest BCUT2D eigenvalue weighted by molar-refractivity contribution is 7.12. The SMILES string of the molecule is Cc1cc(-c2cc(C(=O)N3CCCC(C4OCCO4)C3)c3cnn(C(C)C)c3n2)c(C)s1. The van der Waals surface area contributed by atoms with Crippen molar-refractivity contribution in [2.45, 2.75) is 52.9 Å². The third-order valence-electron chi connectivity index (χ3n) is 6.38. The molecule has 0 spiro atoms. The van der Waals surface area contributed by atoms with Crippen LogP contribution in [0.4, 0.5) is 0 Å². The highest BCUT2D eigenvalue weighted by Gasteiger charge is 2.34. The summed E-state index contributed by atoms with van der Waals surface area (Å²) in [6.07, 6.45) is 3.56. The van der Waals surface area contributed by atoms with Crippen molar-refractivity contribution in [2.75, 3.05) is 26.3 Å². The largest absolute Gasteiger partial charge is 0.350 e. The van der Waals surface area contributed by atoms with Crippen LogP contribution in [0.3, 0.4) is 0 Å². The van der Waals surface area contributed by atoms with E-state index in [1.165, 1.54) is 9.75 Å². The lowest BCUT2D eigenvalue weighted by Crippen LogP contribution is -2.43. The number of aromatic nitrogens is 3. The van der Waals surface area contributed by atoms with E-state index in [4.69, 9.17) is 14.5 Å². The molecule has 0 N–H and O–H groups in total. The molecule has 5 rings (SSSR count). The maximum absolute atomic E-state index is 13.8. The Hall–Kier alpha value is -2.29. The van der Waals surface area contributed by atoms with Crippen molar-refractivity contribution >= 4 is 28.3 Å². The molecule has 1 atom stereocenters. The lowest BCUT2D eigenvalue weighted by Gasteiger charge is -2.34. The number of rotatable bonds is 4. The molecule has 3 aromatic rings. The molecular weight excluding hydrogens is 424 g/mol. The number of piperidine rings is 1. The Morgan fingerprint density at radius 1 is 1.22 bits per heavy atom. The van der Waals surface area contributed by atoms with Gasteiger partial charge < -0.3 is 14.4 Å². The average molecular weight is 455 g/mol. The van der Waals surface area contributed by atoms with Crippen LogP contribution in [-0.4, -0.2) is 58.2 Å². The van der Waals surface area contributed by atoms with Crippen LogP contribution in [0.1, 0.15) is 52.8 Å². The third kappa shape index (κ3) is 3.84. The first-order chi connectivity index (χ1) is 15.4. The molecule has 1 amide bonds. The second-order valence-electron chi connectivity index (χ2n) is 9.07. The second kappa shape index (κ2) is 8.57. The van der Waals surface area contributed by atoms with Gasteiger partial charge in [-0.2, -0.15) is 5.10 Å². The number of fused-ring (bicyclic) bond motifs is 1. The molecule has 2 saturated heterocycles. The average Bonchev–Trinajstić information content (AvgIpc) is 3.52. The molecule has 0 saturated carbocycles. The minimum absolute atomic E-state index is 0.0363. The van der Waals surface area contributed by atoms with Crippen molar-refractivity contribution in [1.82, 2.24) is 19.7 Å².